The van der Waals surface area contributed by atoms with Gasteiger partial charge < -0.3 is 9.88 Å². The first-order valence-electron chi connectivity index (χ1n) is 6.99. The Morgan fingerprint density at radius 3 is 2.61 bits per heavy atom. The van der Waals surface area contributed by atoms with Crippen LogP contribution in [0, 0.1) is 3.57 Å². The summed E-state index contributed by atoms with van der Waals surface area (Å²) in [5.41, 5.74) is 2.07. The first-order chi connectivity index (χ1) is 11.1. The fourth-order valence-electron chi connectivity index (χ4n) is 2.36. The summed E-state index contributed by atoms with van der Waals surface area (Å²) in [5.74, 6) is -0.342. The average molecular weight is 419 g/mol. The molecule has 0 spiro atoms. The van der Waals surface area contributed by atoms with Gasteiger partial charge in [0.15, 0.2) is 0 Å². The number of urea groups is 1. The van der Waals surface area contributed by atoms with Crippen LogP contribution in [-0.2, 0) is 4.79 Å². The van der Waals surface area contributed by atoms with E-state index in [2.05, 4.69) is 34.5 Å². The summed E-state index contributed by atoms with van der Waals surface area (Å²) in [6.07, 6.45) is 5.12. The predicted molar refractivity (Wildman–Crippen MR) is 96.9 cm³/mol. The summed E-state index contributed by atoms with van der Waals surface area (Å²) in [7, 11) is 0. The Balaban J connectivity index is 1.94. The van der Waals surface area contributed by atoms with E-state index < -0.39 is 6.03 Å². The van der Waals surface area contributed by atoms with E-state index in [0.29, 0.717) is 0 Å². The monoisotopic (exact) mass is 419 g/mol. The first kappa shape index (κ1) is 15.5. The lowest BCUT2D eigenvalue weighted by Gasteiger charge is -2.08. The van der Waals surface area contributed by atoms with Crippen molar-refractivity contribution in [3.05, 3.63) is 70.2 Å². The molecular formula is C17H14IN3O2. The normalized spacial score (nSPS) is 16.0. The fraction of sp³-hybridized carbons (Fsp3) is 0.0588. The van der Waals surface area contributed by atoms with Gasteiger partial charge in [-0.05, 0) is 65.1 Å². The molecular weight excluding hydrogens is 405 g/mol. The summed E-state index contributed by atoms with van der Waals surface area (Å²) < 4.78 is 3.11. The van der Waals surface area contributed by atoms with Gasteiger partial charge in [0, 0.05) is 27.7 Å². The smallest absolute Gasteiger partial charge is 0.317 e. The molecule has 3 amide bonds. The number of imide groups is 1. The minimum absolute atomic E-state index is 0.195. The zero-order chi connectivity index (χ0) is 16.4. The van der Waals surface area contributed by atoms with Crippen molar-refractivity contribution < 1.29 is 9.59 Å². The number of halogens is 1. The van der Waals surface area contributed by atoms with Gasteiger partial charge in [0.1, 0.15) is 5.70 Å². The van der Waals surface area contributed by atoms with Crippen LogP contribution in [0.5, 0.6) is 0 Å². The molecule has 23 heavy (non-hydrogen) atoms. The zero-order valence-corrected chi connectivity index (χ0v) is 14.4. The number of carbonyl (C=O) groups is 2. The summed E-state index contributed by atoms with van der Waals surface area (Å²) in [6, 6.07) is 11.4. The third kappa shape index (κ3) is 3.07. The molecule has 116 valence electrons. The molecule has 1 fully saturated rings. The number of nitrogens with zero attached hydrogens (tertiary/aromatic N) is 2. The number of benzene rings is 1. The third-order valence-corrected chi connectivity index (χ3v) is 4.17. The molecule has 0 atom stereocenters. The highest BCUT2D eigenvalue weighted by Crippen LogP contribution is 2.19. The Kier molecular flexibility index (Phi) is 4.33. The second kappa shape index (κ2) is 6.41. The molecule has 1 N–H and O–H groups in total. The molecule has 0 unspecified atom stereocenters. The number of nitrogens with one attached hydrogen (secondary N) is 1. The number of hydrogen-bond donors (Lipinski definition) is 1. The van der Waals surface area contributed by atoms with E-state index >= 15 is 0 Å². The Morgan fingerprint density at radius 1 is 1.17 bits per heavy atom. The molecule has 1 saturated heterocycles. The maximum Gasteiger partial charge on any atom is 0.329 e. The van der Waals surface area contributed by atoms with Gasteiger partial charge in [0.2, 0.25) is 0 Å². The predicted octanol–water partition coefficient (Wildman–Crippen LogP) is 3.16. The molecule has 1 aliphatic heterocycles. The summed E-state index contributed by atoms with van der Waals surface area (Å²) in [4.78, 5) is 25.2. The van der Waals surface area contributed by atoms with Crippen LogP contribution in [0.25, 0.3) is 11.8 Å². The highest BCUT2D eigenvalue weighted by atomic mass is 127. The van der Waals surface area contributed by atoms with E-state index in [0.717, 1.165) is 19.9 Å². The first-order valence-corrected chi connectivity index (χ1v) is 8.07. The van der Waals surface area contributed by atoms with Crippen LogP contribution in [0.2, 0.25) is 0 Å². The van der Waals surface area contributed by atoms with Crippen LogP contribution in [0.4, 0.5) is 4.79 Å². The second-order valence-electron chi connectivity index (χ2n) is 4.97. The SMILES string of the molecule is C=CCN1C(=O)N/C(=C/c2cccn2-c2ccc(I)cc2)C1=O. The Hall–Kier alpha value is -2.35. The van der Waals surface area contributed by atoms with Gasteiger partial charge in [-0.2, -0.15) is 0 Å². The molecule has 0 radical (unpaired) electrons. The topological polar surface area (TPSA) is 54.3 Å². The number of amides is 3. The van der Waals surface area contributed by atoms with Gasteiger partial charge in [-0.1, -0.05) is 6.08 Å². The minimum Gasteiger partial charge on any atom is -0.317 e. The second-order valence-corrected chi connectivity index (χ2v) is 6.22. The van der Waals surface area contributed by atoms with Crippen LogP contribution in [0.3, 0.4) is 0 Å². The highest BCUT2D eigenvalue weighted by molar-refractivity contribution is 14.1. The lowest BCUT2D eigenvalue weighted by molar-refractivity contribution is -0.122. The van der Waals surface area contributed by atoms with E-state index in [-0.39, 0.29) is 18.1 Å². The molecule has 6 heteroatoms. The molecule has 3 rings (SSSR count). The lowest BCUT2D eigenvalue weighted by atomic mass is 10.2. The standard InChI is InChI=1S/C17H14IN3O2/c1-2-9-21-16(22)15(19-17(21)23)11-14-4-3-10-20(14)13-7-5-12(18)6-8-13/h2-8,10-11H,1,9H2,(H,19,23)/b15-11+. The van der Waals surface area contributed by atoms with Crippen molar-refractivity contribution in [1.82, 2.24) is 14.8 Å². The summed E-state index contributed by atoms with van der Waals surface area (Å²) in [6.45, 7) is 3.75. The Labute approximate surface area is 147 Å². The maximum absolute atomic E-state index is 12.2. The van der Waals surface area contributed by atoms with Crippen LogP contribution in [-0.4, -0.2) is 28.0 Å². The van der Waals surface area contributed by atoms with Crippen molar-refractivity contribution in [2.24, 2.45) is 0 Å². The van der Waals surface area contributed by atoms with Crippen LogP contribution < -0.4 is 5.32 Å². The highest BCUT2D eigenvalue weighted by Gasteiger charge is 2.32. The van der Waals surface area contributed by atoms with E-state index in [1.165, 1.54) is 6.08 Å². The number of rotatable bonds is 4. The number of carbonyl (C=O) groups excluding carboxylic acids is 2. The largest absolute Gasteiger partial charge is 0.329 e. The summed E-state index contributed by atoms with van der Waals surface area (Å²) >= 11 is 2.25. The molecule has 1 aliphatic rings. The van der Waals surface area contributed by atoms with Crippen molar-refractivity contribution in [3.8, 4) is 5.69 Å². The van der Waals surface area contributed by atoms with Gasteiger partial charge in [-0.15, -0.1) is 6.58 Å². The lowest BCUT2D eigenvalue weighted by Crippen LogP contribution is -2.30. The van der Waals surface area contributed by atoms with E-state index in [1.54, 1.807) is 6.08 Å². The average Bonchev–Trinajstić information content (AvgIpc) is 3.09. The number of hydrogen-bond acceptors (Lipinski definition) is 2. The van der Waals surface area contributed by atoms with Crippen molar-refractivity contribution in [1.29, 1.82) is 0 Å². The Bertz CT molecular complexity index is 806. The molecule has 1 aromatic heterocycles. The minimum atomic E-state index is -0.423. The van der Waals surface area contributed by atoms with E-state index in [1.807, 2.05) is 47.2 Å². The number of aromatic nitrogens is 1. The van der Waals surface area contributed by atoms with Crippen LogP contribution in [0.1, 0.15) is 5.69 Å². The molecule has 0 aliphatic carbocycles. The molecule has 0 bridgehead atoms. The quantitative estimate of drug-likeness (QED) is 0.358. The molecule has 2 heterocycles. The van der Waals surface area contributed by atoms with Crippen molar-refractivity contribution in [2.75, 3.05) is 6.54 Å². The Morgan fingerprint density at radius 2 is 1.91 bits per heavy atom. The third-order valence-electron chi connectivity index (χ3n) is 3.45. The van der Waals surface area contributed by atoms with Gasteiger partial charge in [-0.25, -0.2) is 4.79 Å². The van der Waals surface area contributed by atoms with Gasteiger partial charge in [0.25, 0.3) is 5.91 Å². The van der Waals surface area contributed by atoms with Gasteiger partial charge in [0.05, 0.1) is 0 Å². The van der Waals surface area contributed by atoms with Crippen LogP contribution >= 0.6 is 22.6 Å². The molecule has 2 aromatic rings. The summed E-state index contributed by atoms with van der Waals surface area (Å²) in [5, 5.41) is 2.60. The molecule has 0 saturated carbocycles. The van der Waals surface area contributed by atoms with Gasteiger partial charge >= 0.3 is 6.03 Å². The molecule has 1 aromatic carbocycles. The fourth-order valence-corrected chi connectivity index (χ4v) is 2.72. The van der Waals surface area contributed by atoms with Crippen LogP contribution in [0.15, 0.2) is 60.9 Å². The van der Waals surface area contributed by atoms with Crippen molar-refractivity contribution >= 4 is 40.6 Å². The van der Waals surface area contributed by atoms with Crippen molar-refractivity contribution in [2.45, 2.75) is 0 Å². The maximum atomic E-state index is 12.2. The van der Waals surface area contributed by atoms with Gasteiger partial charge in [-0.3, -0.25) is 9.69 Å². The van der Waals surface area contributed by atoms with E-state index in [4.69, 9.17) is 0 Å². The zero-order valence-electron chi connectivity index (χ0n) is 12.2. The van der Waals surface area contributed by atoms with Crippen molar-refractivity contribution in [3.63, 3.8) is 0 Å². The van der Waals surface area contributed by atoms with E-state index in [9.17, 15) is 9.59 Å². The molecule has 5 nitrogen and oxygen atoms in total.